The molecule has 0 aromatic rings. The van der Waals surface area contributed by atoms with Gasteiger partial charge in [0, 0.05) is 23.3 Å². The van der Waals surface area contributed by atoms with Crippen LogP contribution in [0.15, 0.2) is 5.11 Å². The summed E-state index contributed by atoms with van der Waals surface area (Å²) in [6, 6.07) is 0. The Morgan fingerprint density at radius 2 is 2.60 bits per heavy atom. The van der Waals surface area contributed by atoms with Crippen LogP contribution in [0.3, 0.4) is 0 Å². The van der Waals surface area contributed by atoms with Gasteiger partial charge in [0.25, 0.3) is 0 Å². The van der Waals surface area contributed by atoms with Crippen molar-refractivity contribution in [2.45, 2.75) is 24.1 Å². The Hall–Kier alpha value is -0.910. The normalized spacial score (nSPS) is 29.8. The van der Waals surface area contributed by atoms with Gasteiger partial charge in [0.1, 0.15) is 5.54 Å². The lowest BCUT2D eigenvalue weighted by molar-refractivity contribution is -0.144. The first kappa shape index (κ1) is 12.2. The molecular weight excluding hydrogens is 216 g/mol. The lowest BCUT2D eigenvalue weighted by atomic mass is 9.93. The van der Waals surface area contributed by atoms with E-state index in [2.05, 4.69) is 15.3 Å². The van der Waals surface area contributed by atoms with Crippen molar-refractivity contribution < 1.29 is 9.90 Å². The third-order valence-electron chi connectivity index (χ3n) is 2.66. The molecule has 1 rings (SSSR count). The summed E-state index contributed by atoms with van der Waals surface area (Å²) in [4.78, 5) is 13.8. The van der Waals surface area contributed by atoms with E-state index in [0.717, 1.165) is 5.75 Å². The van der Waals surface area contributed by atoms with Gasteiger partial charge in [-0.2, -0.15) is 11.8 Å². The maximum atomic E-state index is 11.2. The highest BCUT2D eigenvalue weighted by atomic mass is 32.2. The molecule has 1 aliphatic rings. The van der Waals surface area contributed by atoms with Crippen LogP contribution in [0, 0.1) is 0 Å². The Labute approximate surface area is 92.1 Å². The maximum absolute atomic E-state index is 11.2. The van der Waals surface area contributed by atoms with Gasteiger partial charge in [-0.1, -0.05) is 12.0 Å². The zero-order valence-electron chi connectivity index (χ0n) is 8.51. The van der Waals surface area contributed by atoms with Crippen molar-refractivity contribution in [3.63, 3.8) is 0 Å². The Kier molecular flexibility index (Phi) is 4.26. The molecule has 2 atom stereocenters. The second-order valence-corrected chi connectivity index (χ2v) is 4.87. The zero-order valence-corrected chi connectivity index (χ0v) is 9.33. The molecular formula is C8H14N4O2S. The van der Waals surface area contributed by atoms with Gasteiger partial charge in [-0.25, -0.2) is 0 Å². The minimum absolute atomic E-state index is 0.0427. The minimum atomic E-state index is -0.852. The number of azide groups is 1. The largest absolute Gasteiger partial charge is 0.480 e. The Balaban J connectivity index is 2.58. The van der Waals surface area contributed by atoms with Gasteiger partial charge >= 0.3 is 5.97 Å². The summed E-state index contributed by atoms with van der Waals surface area (Å²) in [5, 5.41) is 15.6. The number of hydrogen-bond donors (Lipinski definition) is 2. The minimum Gasteiger partial charge on any atom is -0.480 e. The summed E-state index contributed by atoms with van der Waals surface area (Å²) in [5.41, 5.74) is 7.24. The van der Waals surface area contributed by atoms with Crippen molar-refractivity contribution in [2.75, 3.05) is 18.8 Å². The molecule has 0 spiro atoms. The van der Waals surface area contributed by atoms with E-state index in [-0.39, 0.29) is 11.8 Å². The summed E-state index contributed by atoms with van der Waals surface area (Å²) in [5.74, 6) is 0.0306. The van der Waals surface area contributed by atoms with Crippen LogP contribution in [0.2, 0.25) is 0 Å². The number of carboxylic acid groups (broad SMARTS) is 1. The van der Waals surface area contributed by atoms with Gasteiger partial charge in [-0.15, -0.1) is 0 Å². The van der Waals surface area contributed by atoms with Crippen LogP contribution in [-0.4, -0.2) is 40.7 Å². The van der Waals surface area contributed by atoms with Gasteiger partial charge in [0.05, 0.1) is 0 Å². The molecule has 7 heteroatoms. The first-order chi connectivity index (χ1) is 7.13. The third-order valence-corrected chi connectivity index (χ3v) is 4.00. The molecule has 6 nitrogen and oxygen atoms in total. The average Bonchev–Trinajstić information content (AvgIpc) is 2.56. The zero-order chi connectivity index (χ0) is 11.3. The third kappa shape index (κ3) is 2.56. The number of thioether (sulfide) groups is 1. The number of rotatable bonds is 5. The van der Waals surface area contributed by atoms with Crippen molar-refractivity contribution in [3.8, 4) is 0 Å². The summed E-state index contributed by atoms with van der Waals surface area (Å²) in [6.45, 7) is 2.59. The number of carboxylic acids is 1. The SMILES string of the molecule is CC1SCCC1(NCCN=[N+]=[N-])C(=O)O. The van der Waals surface area contributed by atoms with Crippen molar-refractivity contribution in [3.05, 3.63) is 10.4 Å². The van der Waals surface area contributed by atoms with Crippen LogP contribution in [0.4, 0.5) is 0 Å². The van der Waals surface area contributed by atoms with Crippen LogP contribution >= 0.6 is 11.8 Å². The number of aliphatic carboxylic acids is 1. The number of hydrogen-bond acceptors (Lipinski definition) is 4. The fraction of sp³-hybridized carbons (Fsp3) is 0.875. The molecule has 84 valence electrons. The molecule has 0 aromatic heterocycles. The van der Waals surface area contributed by atoms with Gasteiger partial charge in [0.15, 0.2) is 0 Å². The van der Waals surface area contributed by atoms with Crippen molar-refractivity contribution in [2.24, 2.45) is 5.11 Å². The van der Waals surface area contributed by atoms with E-state index in [1.807, 2.05) is 6.92 Å². The lowest BCUT2D eigenvalue weighted by Gasteiger charge is -2.29. The van der Waals surface area contributed by atoms with E-state index < -0.39 is 11.5 Å². The fourth-order valence-corrected chi connectivity index (χ4v) is 3.08. The fourth-order valence-electron chi connectivity index (χ4n) is 1.70. The van der Waals surface area contributed by atoms with Gasteiger partial charge in [-0.3, -0.25) is 4.79 Å². The summed E-state index contributed by atoms with van der Waals surface area (Å²) < 4.78 is 0. The monoisotopic (exact) mass is 230 g/mol. The Morgan fingerprint density at radius 1 is 1.87 bits per heavy atom. The molecule has 1 aliphatic heterocycles. The lowest BCUT2D eigenvalue weighted by Crippen LogP contribution is -2.56. The van der Waals surface area contributed by atoms with Crippen LogP contribution in [0.1, 0.15) is 13.3 Å². The van der Waals surface area contributed by atoms with Gasteiger partial charge in [-0.05, 0) is 17.7 Å². The molecule has 2 N–H and O–H groups in total. The van der Waals surface area contributed by atoms with Crippen molar-refractivity contribution in [1.82, 2.24) is 5.32 Å². The molecule has 0 saturated carbocycles. The van der Waals surface area contributed by atoms with E-state index in [4.69, 9.17) is 5.53 Å². The van der Waals surface area contributed by atoms with Crippen LogP contribution < -0.4 is 5.32 Å². The van der Waals surface area contributed by atoms with E-state index >= 15 is 0 Å². The summed E-state index contributed by atoms with van der Waals surface area (Å²) in [6.07, 6.45) is 0.616. The number of nitrogens with one attached hydrogen (secondary N) is 1. The topological polar surface area (TPSA) is 98.1 Å². The van der Waals surface area contributed by atoms with Crippen LogP contribution in [0.25, 0.3) is 10.4 Å². The molecule has 0 radical (unpaired) electrons. The van der Waals surface area contributed by atoms with Crippen LogP contribution in [0.5, 0.6) is 0 Å². The van der Waals surface area contributed by atoms with Crippen molar-refractivity contribution >= 4 is 17.7 Å². The first-order valence-corrected chi connectivity index (χ1v) is 5.79. The Morgan fingerprint density at radius 3 is 3.07 bits per heavy atom. The van der Waals surface area contributed by atoms with Gasteiger partial charge in [0.2, 0.25) is 0 Å². The quantitative estimate of drug-likeness (QED) is 0.321. The standard InChI is InChI=1S/C8H14N4O2S/c1-6-8(7(13)14,2-5-15-6)10-3-4-11-12-9/h6,10H,2-5H2,1H3,(H,13,14). The highest BCUT2D eigenvalue weighted by molar-refractivity contribution is 8.00. The molecule has 0 bridgehead atoms. The smallest absolute Gasteiger partial charge is 0.325 e. The molecule has 1 fully saturated rings. The highest BCUT2D eigenvalue weighted by Gasteiger charge is 2.47. The first-order valence-electron chi connectivity index (χ1n) is 4.74. The summed E-state index contributed by atoms with van der Waals surface area (Å²) >= 11 is 1.65. The maximum Gasteiger partial charge on any atom is 0.325 e. The highest BCUT2D eigenvalue weighted by Crippen LogP contribution is 2.35. The van der Waals surface area contributed by atoms with E-state index in [1.54, 1.807) is 11.8 Å². The molecule has 0 aliphatic carbocycles. The molecule has 0 aromatic carbocycles. The Bertz CT molecular complexity index is 292. The molecule has 1 heterocycles. The molecule has 2 unspecified atom stereocenters. The van der Waals surface area contributed by atoms with E-state index in [9.17, 15) is 9.90 Å². The number of carbonyl (C=O) groups is 1. The number of nitrogens with zero attached hydrogens (tertiary/aromatic N) is 3. The van der Waals surface area contributed by atoms with Crippen molar-refractivity contribution in [1.29, 1.82) is 0 Å². The van der Waals surface area contributed by atoms with E-state index in [1.165, 1.54) is 0 Å². The predicted octanol–water partition coefficient (Wildman–Crippen LogP) is 1.24. The van der Waals surface area contributed by atoms with Crippen LogP contribution in [-0.2, 0) is 4.79 Å². The second-order valence-electron chi connectivity index (χ2n) is 3.42. The predicted molar refractivity (Wildman–Crippen MR) is 58.9 cm³/mol. The summed E-state index contributed by atoms with van der Waals surface area (Å²) in [7, 11) is 0. The van der Waals surface area contributed by atoms with Gasteiger partial charge < -0.3 is 10.4 Å². The second kappa shape index (κ2) is 5.25. The molecule has 0 amide bonds. The average molecular weight is 230 g/mol. The molecule has 1 saturated heterocycles. The molecule has 15 heavy (non-hydrogen) atoms. The van der Waals surface area contributed by atoms with E-state index in [0.29, 0.717) is 13.0 Å².